The van der Waals surface area contributed by atoms with Crippen LogP contribution in [0.25, 0.3) is 0 Å². The zero-order chi connectivity index (χ0) is 12.2. The standard InChI is InChI=1S/C9H18F2N2O2S/c1-2-7-4-3-5-12-8(7)6-13-16(14,15)9(10)11/h7-9,12-13H,2-6H2,1H3. The van der Waals surface area contributed by atoms with Gasteiger partial charge in [0.05, 0.1) is 0 Å². The highest BCUT2D eigenvalue weighted by Gasteiger charge is 2.28. The molecule has 0 amide bonds. The molecule has 0 bridgehead atoms. The minimum absolute atomic E-state index is 0.0349. The normalized spacial score (nSPS) is 27.2. The van der Waals surface area contributed by atoms with Crippen molar-refractivity contribution >= 4 is 10.0 Å². The van der Waals surface area contributed by atoms with Gasteiger partial charge in [-0.25, -0.2) is 13.1 Å². The number of hydrogen-bond acceptors (Lipinski definition) is 3. The van der Waals surface area contributed by atoms with E-state index < -0.39 is 15.8 Å². The summed E-state index contributed by atoms with van der Waals surface area (Å²) in [5, 5.41) is 3.16. The highest BCUT2D eigenvalue weighted by molar-refractivity contribution is 7.89. The molecule has 0 spiro atoms. The van der Waals surface area contributed by atoms with Gasteiger partial charge in [0.25, 0.3) is 10.0 Å². The molecule has 0 aromatic heterocycles. The van der Waals surface area contributed by atoms with E-state index >= 15 is 0 Å². The molecule has 1 saturated heterocycles. The van der Waals surface area contributed by atoms with Crippen molar-refractivity contribution in [2.24, 2.45) is 5.92 Å². The van der Waals surface area contributed by atoms with Crippen molar-refractivity contribution in [2.45, 2.75) is 38.0 Å². The van der Waals surface area contributed by atoms with Gasteiger partial charge >= 0.3 is 5.76 Å². The predicted molar refractivity (Wildman–Crippen MR) is 57.7 cm³/mol. The summed E-state index contributed by atoms with van der Waals surface area (Å²) < 4.78 is 47.9. The van der Waals surface area contributed by atoms with E-state index in [0.29, 0.717) is 5.92 Å². The molecule has 0 saturated carbocycles. The van der Waals surface area contributed by atoms with Gasteiger partial charge in [-0.2, -0.15) is 8.78 Å². The second kappa shape index (κ2) is 5.88. The van der Waals surface area contributed by atoms with Gasteiger partial charge in [0, 0.05) is 12.6 Å². The summed E-state index contributed by atoms with van der Waals surface area (Å²) in [7, 11) is -4.45. The Hall–Kier alpha value is -0.270. The van der Waals surface area contributed by atoms with E-state index in [1.165, 1.54) is 0 Å². The monoisotopic (exact) mass is 256 g/mol. The summed E-state index contributed by atoms with van der Waals surface area (Å²) >= 11 is 0. The predicted octanol–water partition coefficient (Wildman–Crippen LogP) is 0.907. The molecule has 0 aromatic carbocycles. The van der Waals surface area contributed by atoms with E-state index in [1.807, 2.05) is 11.6 Å². The van der Waals surface area contributed by atoms with Crippen molar-refractivity contribution in [3.05, 3.63) is 0 Å². The maximum Gasteiger partial charge on any atom is 0.350 e. The minimum atomic E-state index is -4.45. The van der Waals surface area contributed by atoms with E-state index in [9.17, 15) is 17.2 Å². The SMILES string of the molecule is CCC1CCCNC1CNS(=O)(=O)C(F)F. The Balaban J connectivity index is 2.47. The van der Waals surface area contributed by atoms with Gasteiger partial charge in [0.1, 0.15) is 0 Å². The average molecular weight is 256 g/mol. The van der Waals surface area contributed by atoms with Gasteiger partial charge in [-0.05, 0) is 25.3 Å². The maximum absolute atomic E-state index is 12.1. The molecule has 16 heavy (non-hydrogen) atoms. The van der Waals surface area contributed by atoms with Crippen LogP contribution in [0, 0.1) is 5.92 Å². The Morgan fingerprint density at radius 1 is 1.50 bits per heavy atom. The second-order valence-corrected chi connectivity index (χ2v) is 5.76. The molecule has 2 N–H and O–H groups in total. The van der Waals surface area contributed by atoms with Crippen LogP contribution < -0.4 is 10.0 Å². The summed E-state index contributed by atoms with van der Waals surface area (Å²) in [6.07, 6.45) is 3.00. The Morgan fingerprint density at radius 2 is 2.19 bits per heavy atom. The topological polar surface area (TPSA) is 58.2 Å². The number of sulfonamides is 1. The van der Waals surface area contributed by atoms with Crippen LogP contribution in [-0.2, 0) is 10.0 Å². The van der Waals surface area contributed by atoms with E-state index in [0.717, 1.165) is 25.8 Å². The quantitative estimate of drug-likeness (QED) is 0.768. The van der Waals surface area contributed by atoms with Crippen molar-refractivity contribution in [3.63, 3.8) is 0 Å². The number of alkyl halides is 2. The lowest BCUT2D eigenvalue weighted by Gasteiger charge is -2.32. The van der Waals surface area contributed by atoms with Crippen LogP contribution in [0.5, 0.6) is 0 Å². The number of hydrogen-bond donors (Lipinski definition) is 2. The molecule has 1 aliphatic rings. The molecule has 2 atom stereocenters. The van der Waals surface area contributed by atoms with Gasteiger partial charge in [-0.15, -0.1) is 0 Å². The third-order valence-electron chi connectivity index (χ3n) is 2.99. The van der Waals surface area contributed by atoms with Crippen molar-refractivity contribution in [2.75, 3.05) is 13.1 Å². The van der Waals surface area contributed by atoms with Crippen LogP contribution in [0.2, 0.25) is 0 Å². The lowest BCUT2D eigenvalue weighted by Crippen LogP contribution is -2.49. The Morgan fingerprint density at radius 3 is 2.75 bits per heavy atom. The summed E-state index contributed by atoms with van der Waals surface area (Å²) in [4.78, 5) is 0. The molecular weight excluding hydrogens is 238 g/mol. The fourth-order valence-corrected chi connectivity index (χ4v) is 2.55. The summed E-state index contributed by atoms with van der Waals surface area (Å²) in [6.45, 7) is 2.88. The second-order valence-electron chi connectivity index (χ2n) is 4.03. The van der Waals surface area contributed by atoms with E-state index in [-0.39, 0.29) is 12.6 Å². The van der Waals surface area contributed by atoms with E-state index in [4.69, 9.17) is 0 Å². The molecule has 0 aromatic rings. The molecule has 1 aliphatic heterocycles. The molecule has 0 radical (unpaired) electrons. The lowest BCUT2D eigenvalue weighted by atomic mass is 9.89. The van der Waals surface area contributed by atoms with E-state index in [1.54, 1.807) is 0 Å². The van der Waals surface area contributed by atoms with E-state index in [2.05, 4.69) is 5.32 Å². The fourth-order valence-electron chi connectivity index (χ4n) is 2.02. The third-order valence-corrected chi connectivity index (χ3v) is 4.03. The molecule has 4 nitrogen and oxygen atoms in total. The largest absolute Gasteiger partial charge is 0.350 e. The zero-order valence-corrected chi connectivity index (χ0v) is 10.1. The molecule has 7 heteroatoms. The average Bonchev–Trinajstić information content (AvgIpc) is 2.26. The van der Waals surface area contributed by atoms with Crippen molar-refractivity contribution in [1.82, 2.24) is 10.0 Å². The molecule has 1 heterocycles. The Labute approximate surface area is 94.8 Å². The zero-order valence-electron chi connectivity index (χ0n) is 9.25. The highest BCUT2D eigenvalue weighted by atomic mass is 32.2. The van der Waals surface area contributed by atoms with Gasteiger partial charge < -0.3 is 5.32 Å². The first-order chi connectivity index (χ1) is 7.47. The van der Waals surface area contributed by atoms with Crippen LogP contribution in [0.15, 0.2) is 0 Å². The number of rotatable bonds is 5. The molecule has 0 aliphatic carbocycles. The first-order valence-electron chi connectivity index (χ1n) is 5.47. The van der Waals surface area contributed by atoms with Crippen molar-refractivity contribution in [1.29, 1.82) is 0 Å². The minimum Gasteiger partial charge on any atom is -0.312 e. The maximum atomic E-state index is 12.1. The van der Waals surface area contributed by atoms with Gasteiger partial charge in [-0.1, -0.05) is 13.3 Å². The summed E-state index contributed by atoms with van der Waals surface area (Å²) in [6, 6.07) is -0.0349. The molecule has 96 valence electrons. The van der Waals surface area contributed by atoms with Gasteiger partial charge in [0.15, 0.2) is 0 Å². The number of halogens is 2. The summed E-state index contributed by atoms with van der Waals surface area (Å²) in [5.41, 5.74) is 0. The third kappa shape index (κ3) is 3.64. The van der Waals surface area contributed by atoms with Crippen molar-refractivity contribution in [3.8, 4) is 0 Å². The van der Waals surface area contributed by atoms with Crippen LogP contribution in [0.1, 0.15) is 26.2 Å². The highest BCUT2D eigenvalue weighted by Crippen LogP contribution is 2.19. The Kier molecular flexibility index (Phi) is 5.07. The number of nitrogens with one attached hydrogen (secondary N) is 2. The van der Waals surface area contributed by atoms with Gasteiger partial charge in [-0.3, -0.25) is 0 Å². The molecular formula is C9H18F2N2O2S. The summed E-state index contributed by atoms with van der Waals surface area (Å²) in [5.74, 6) is -3.00. The first-order valence-corrected chi connectivity index (χ1v) is 7.02. The van der Waals surface area contributed by atoms with Crippen LogP contribution in [0.3, 0.4) is 0 Å². The number of piperidine rings is 1. The first kappa shape index (κ1) is 13.8. The van der Waals surface area contributed by atoms with Crippen LogP contribution in [0.4, 0.5) is 8.78 Å². The van der Waals surface area contributed by atoms with Gasteiger partial charge in [0.2, 0.25) is 0 Å². The fraction of sp³-hybridized carbons (Fsp3) is 1.00. The smallest absolute Gasteiger partial charge is 0.312 e. The van der Waals surface area contributed by atoms with Crippen LogP contribution >= 0.6 is 0 Å². The lowest BCUT2D eigenvalue weighted by molar-refractivity contribution is 0.229. The molecule has 1 rings (SSSR count). The Bertz CT molecular complexity index is 309. The van der Waals surface area contributed by atoms with Crippen molar-refractivity contribution < 1.29 is 17.2 Å². The molecule has 1 fully saturated rings. The molecule has 2 unspecified atom stereocenters. The van der Waals surface area contributed by atoms with Crippen LogP contribution in [-0.4, -0.2) is 33.3 Å².